The third kappa shape index (κ3) is 1.23. The van der Waals surface area contributed by atoms with E-state index in [0.29, 0.717) is 17.1 Å². The van der Waals surface area contributed by atoms with Crippen molar-refractivity contribution in [1.29, 1.82) is 5.26 Å². The number of hydrogen-bond donors (Lipinski definition) is 1. The number of hydrogen-bond acceptors (Lipinski definition) is 3. The van der Waals surface area contributed by atoms with Crippen LogP contribution in [0.3, 0.4) is 0 Å². The summed E-state index contributed by atoms with van der Waals surface area (Å²) in [7, 11) is 0. The molecule has 0 radical (unpaired) electrons. The first kappa shape index (κ1) is 8.70. The van der Waals surface area contributed by atoms with E-state index in [0.717, 1.165) is 11.3 Å². The molecule has 0 fully saturated rings. The molecule has 2 heterocycles. The topological polar surface area (TPSA) is 65.4 Å². The van der Waals surface area contributed by atoms with Crippen molar-refractivity contribution in [1.82, 2.24) is 15.0 Å². The van der Waals surface area contributed by atoms with Gasteiger partial charge in [0.15, 0.2) is 5.65 Å². The lowest BCUT2D eigenvalue weighted by atomic mass is 10.2. The number of aromatic amines is 1. The minimum atomic E-state index is 0.316. The molecular weight excluding hydrogens is 176 g/mol. The van der Waals surface area contributed by atoms with Crippen molar-refractivity contribution in [3.05, 3.63) is 23.7 Å². The number of pyridine rings is 1. The van der Waals surface area contributed by atoms with Crippen LogP contribution in [0.15, 0.2) is 12.3 Å². The molecule has 0 saturated carbocycles. The maximum atomic E-state index is 8.86. The second-order valence-electron chi connectivity index (χ2n) is 3.45. The van der Waals surface area contributed by atoms with Crippen molar-refractivity contribution in [2.75, 3.05) is 0 Å². The van der Waals surface area contributed by atoms with Crippen LogP contribution in [0.4, 0.5) is 0 Å². The fourth-order valence-electron chi connectivity index (χ4n) is 1.30. The van der Waals surface area contributed by atoms with Gasteiger partial charge in [0.05, 0.1) is 5.56 Å². The van der Waals surface area contributed by atoms with Crippen LogP contribution in [0.25, 0.3) is 11.2 Å². The second-order valence-corrected chi connectivity index (χ2v) is 3.45. The predicted octanol–water partition coefficient (Wildman–Crippen LogP) is 1.95. The fraction of sp³-hybridized carbons (Fsp3) is 0.300. The van der Waals surface area contributed by atoms with Crippen molar-refractivity contribution in [3.8, 4) is 6.07 Å². The molecule has 4 heteroatoms. The van der Waals surface area contributed by atoms with Gasteiger partial charge in [-0.3, -0.25) is 0 Å². The standard InChI is InChI=1S/C10H10N4/c1-6(2)9-13-8-7(5-11)3-4-12-10(8)14-9/h3-4,6H,1-2H3,(H,12,13,14). The van der Waals surface area contributed by atoms with Gasteiger partial charge < -0.3 is 4.98 Å². The SMILES string of the molecule is CC(C)c1nc2nccc(C#N)c2[nH]1. The lowest BCUT2D eigenvalue weighted by Gasteiger charge is -1.95. The average molecular weight is 186 g/mol. The zero-order valence-electron chi connectivity index (χ0n) is 8.07. The van der Waals surface area contributed by atoms with E-state index in [4.69, 9.17) is 5.26 Å². The first-order chi connectivity index (χ1) is 6.72. The smallest absolute Gasteiger partial charge is 0.179 e. The monoisotopic (exact) mass is 186 g/mol. The highest BCUT2D eigenvalue weighted by Crippen LogP contribution is 2.17. The second kappa shape index (κ2) is 3.11. The third-order valence-electron chi connectivity index (χ3n) is 2.08. The van der Waals surface area contributed by atoms with Crippen LogP contribution in [-0.2, 0) is 0 Å². The van der Waals surface area contributed by atoms with Crippen LogP contribution in [-0.4, -0.2) is 15.0 Å². The Labute approximate surface area is 81.6 Å². The molecule has 0 unspecified atom stereocenters. The molecule has 0 atom stereocenters. The Morgan fingerprint density at radius 2 is 2.29 bits per heavy atom. The van der Waals surface area contributed by atoms with E-state index in [9.17, 15) is 0 Å². The van der Waals surface area contributed by atoms with Crippen molar-refractivity contribution in [2.45, 2.75) is 19.8 Å². The molecule has 0 amide bonds. The number of aromatic nitrogens is 3. The first-order valence-corrected chi connectivity index (χ1v) is 4.47. The molecule has 4 nitrogen and oxygen atoms in total. The number of nitrogens with one attached hydrogen (secondary N) is 1. The summed E-state index contributed by atoms with van der Waals surface area (Å²) >= 11 is 0. The number of H-pyrrole nitrogens is 1. The molecule has 2 rings (SSSR count). The van der Waals surface area contributed by atoms with Crippen molar-refractivity contribution in [3.63, 3.8) is 0 Å². The minimum Gasteiger partial charge on any atom is -0.339 e. The predicted molar refractivity (Wildman–Crippen MR) is 52.7 cm³/mol. The maximum Gasteiger partial charge on any atom is 0.179 e. The van der Waals surface area contributed by atoms with Gasteiger partial charge in [-0.25, -0.2) is 9.97 Å². The van der Waals surface area contributed by atoms with Crippen LogP contribution in [0, 0.1) is 11.3 Å². The highest BCUT2D eigenvalue weighted by atomic mass is 15.0. The number of nitrogens with zero attached hydrogens (tertiary/aromatic N) is 3. The van der Waals surface area contributed by atoms with Crippen LogP contribution in [0.5, 0.6) is 0 Å². The Bertz CT molecular complexity index is 504. The quantitative estimate of drug-likeness (QED) is 0.740. The van der Waals surface area contributed by atoms with Crippen LogP contribution < -0.4 is 0 Å². The third-order valence-corrected chi connectivity index (χ3v) is 2.08. The van der Waals surface area contributed by atoms with Gasteiger partial charge in [-0.15, -0.1) is 0 Å². The highest BCUT2D eigenvalue weighted by Gasteiger charge is 2.09. The number of fused-ring (bicyclic) bond motifs is 1. The molecule has 14 heavy (non-hydrogen) atoms. The van der Waals surface area contributed by atoms with Gasteiger partial charge in [-0.1, -0.05) is 13.8 Å². The number of imidazole rings is 1. The van der Waals surface area contributed by atoms with E-state index in [2.05, 4.69) is 21.0 Å². The van der Waals surface area contributed by atoms with E-state index in [1.54, 1.807) is 12.3 Å². The normalized spacial score (nSPS) is 10.7. The Kier molecular flexibility index (Phi) is 1.93. The summed E-state index contributed by atoms with van der Waals surface area (Å²) in [4.78, 5) is 11.5. The van der Waals surface area contributed by atoms with Crippen LogP contribution >= 0.6 is 0 Å². The van der Waals surface area contributed by atoms with Crippen molar-refractivity contribution >= 4 is 11.2 Å². The van der Waals surface area contributed by atoms with E-state index >= 15 is 0 Å². The lowest BCUT2D eigenvalue weighted by Crippen LogP contribution is -1.88. The van der Waals surface area contributed by atoms with Gasteiger partial charge in [0.25, 0.3) is 0 Å². The molecule has 0 spiro atoms. The van der Waals surface area contributed by atoms with Crippen LogP contribution in [0.1, 0.15) is 31.2 Å². The Morgan fingerprint density at radius 3 is 2.93 bits per heavy atom. The molecule has 0 aliphatic carbocycles. The van der Waals surface area contributed by atoms with Gasteiger partial charge in [0.1, 0.15) is 17.4 Å². The van der Waals surface area contributed by atoms with E-state index < -0.39 is 0 Å². The fourth-order valence-corrected chi connectivity index (χ4v) is 1.30. The van der Waals surface area contributed by atoms with Gasteiger partial charge in [-0.2, -0.15) is 5.26 Å². The molecule has 0 aliphatic rings. The summed E-state index contributed by atoms with van der Waals surface area (Å²) in [6, 6.07) is 3.80. The zero-order chi connectivity index (χ0) is 10.1. The Balaban J connectivity index is 2.72. The first-order valence-electron chi connectivity index (χ1n) is 4.47. The van der Waals surface area contributed by atoms with Gasteiger partial charge in [0, 0.05) is 12.1 Å². The number of rotatable bonds is 1. The van der Waals surface area contributed by atoms with Crippen molar-refractivity contribution in [2.24, 2.45) is 0 Å². The molecule has 70 valence electrons. The van der Waals surface area contributed by atoms with E-state index in [1.807, 2.05) is 13.8 Å². The summed E-state index contributed by atoms with van der Waals surface area (Å²) in [5, 5.41) is 8.86. The molecule has 0 aliphatic heterocycles. The average Bonchev–Trinajstić information content (AvgIpc) is 2.60. The van der Waals surface area contributed by atoms with E-state index in [1.165, 1.54) is 0 Å². The Morgan fingerprint density at radius 1 is 1.50 bits per heavy atom. The summed E-state index contributed by atoms with van der Waals surface area (Å²) in [5.74, 6) is 1.19. The largest absolute Gasteiger partial charge is 0.339 e. The van der Waals surface area contributed by atoms with Crippen LogP contribution in [0.2, 0.25) is 0 Å². The molecule has 0 aromatic carbocycles. The number of nitriles is 1. The summed E-state index contributed by atoms with van der Waals surface area (Å²) in [6.07, 6.45) is 1.60. The summed E-state index contributed by atoms with van der Waals surface area (Å²) in [6.45, 7) is 4.09. The van der Waals surface area contributed by atoms with Gasteiger partial charge in [0.2, 0.25) is 0 Å². The molecule has 0 bridgehead atoms. The highest BCUT2D eigenvalue weighted by molar-refractivity contribution is 5.77. The summed E-state index contributed by atoms with van der Waals surface area (Å²) < 4.78 is 0. The summed E-state index contributed by atoms with van der Waals surface area (Å²) in [5.41, 5.74) is 1.95. The molecule has 0 saturated heterocycles. The lowest BCUT2D eigenvalue weighted by molar-refractivity contribution is 0.798. The maximum absolute atomic E-state index is 8.86. The van der Waals surface area contributed by atoms with Crippen molar-refractivity contribution < 1.29 is 0 Å². The molecular formula is C10H10N4. The minimum absolute atomic E-state index is 0.316. The molecule has 1 N–H and O–H groups in total. The molecule has 2 aromatic rings. The molecule has 2 aromatic heterocycles. The Hall–Kier alpha value is -1.89. The van der Waals surface area contributed by atoms with Gasteiger partial charge >= 0.3 is 0 Å². The zero-order valence-corrected chi connectivity index (χ0v) is 8.07. The van der Waals surface area contributed by atoms with E-state index in [-0.39, 0.29) is 0 Å². The van der Waals surface area contributed by atoms with Gasteiger partial charge in [-0.05, 0) is 6.07 Å².